The van der Waals surface area contributed by atoms with E-state index in [9.17, 15) is 13.0 Å². The van der Waals surface area contributed by atoms with E-state index in [1.54, 1.807) is 18.2 Å². The molecule has 2 aromatic rings. The maximum absolute atomic E-state index is 13.0. The Hall–Kier alpha value is -1.46. The smallest absolute Gasteiger partial charge is 0.160 e. The van der Waals surface area contributed by atoms with Crippen molar-refractivity contribution in [1.29, 1.82) is 0 Å². The molecule has 0 aliphatic rings. The Balaban J connectivity index is 2.20. The van der Waals surface area contributed by atoms with E-state index in [1.165, 1.54) is 6.07 Å². The van der Waals surface area contributed by atoms with E-state index in [-0.39, 0.29) is 10.6 Å². The molecule has 1 unspecified atom stereocenters. The number of hydrogen-bond donors (Lipinski definition) is 1. The van der Waals surface area contributed by atoms with Crippen LogP contribution in [0.4, 0.5) is 14.5 Å². The van der Waals surface area contributed by atoms with E-state index < -0.39 is 22.4 Å². The van der Waals surface area contributed by atoms with Crippen molar-refractivity contribution in [2.24, 2.45) is 0 Å². The molecule has 0 radical (unpaired) electrons. The number of hydrogen-bond acceptors (Lipinski definition) is 2. The molecule has 0 saturated heterocycles. The van der Waals surface area contributed by atoms with E-state index in [0.717, 1.165) is 12.1 Å². The lowest BCUT2D eigenvalue weighted by molar-refractivity contribution is 0.505. The second-order valence-electron chi connectivity index (χ2n) is 3.92. The van der Waals surface area contributed by atoms with Crippen LogP contribution >= 0.6 is 11.6 Å². The zero-order valence-electron chi connectivity index (χ0n) is 9.70. The fourth-order valence-corrected chi connectivity index (χ4v) is 2.76. The SMILES string of the molecule is Nc1cc(CS(=O)c2ccc(F)c(F)c2)ccc1Cl. The highest BCUT2D eigenvalue weighted by Crippen LogP contribution is 2.22. The van der Waals surface area contributed by atoms with Gasteiger partial charge >= 0.3 is 0 Å². The zero-order valence-corrected chi connectivity index (χ0v) is 11.3. The molecule has 0 fully saturated rings. The molecule has 2 N–H and O–H groups in total. The first-order valence-electron chi connectivity index (χ1n) is 5.34. The van der Waals surface area contributed by atoms with Gasteiger partial charge in [-0.1, -0.05) is 17.7 Å². The summed E-state index contributed by atoms with van der Waals surface area (Å²) in [6.07, 6.45) is 0. The van der Waals surface area contributed by atoms with Gasteiger partial charge in [0, 0.05) is 4.90 Å². The molecule has 0 saturated carbocycles. The third-order valence-electron chi connectivity index (χ3n) is 2.51. The van der Waals surface area contributed by atoms with Crippen LogP contribution in [-0.2, 0) is 16.6 Å². The van der Waals surface area contributed by atoms with Crippen molar-refractivity contribution >= 4 is 28.1 Å². The topological polar surface area (TPSA) is 43.1 Å². The molecule has 2 nitrogen and oxygen atoms in total. The number of nitrogens with two attached hydrogens (primary N) is 1. The molecular formula is C13H10ClF2NOS. The summed E-state index contributed by atoms with van der Waals surface area (Å²) in [4.78, 5) is 0.229. The summed E-state index contributed by atoms with van der Waals surface area (Å²) in [5, 5.41) is 0.419. The minimum Gasteiger partial charge on any atom is -0.398 e. The van der Waals surface area contributed by atoms with Gasteiger partial charge in [-0.25, -0.2) is 8.78 Å². The van der Waals surface area contributed by atoms with Crippen molar-refractivity contribution in [3.05, 3.63) is 58.6 Å². The van der Waals surface area contributed by atoms with Crippen LogP contribution in [0.1, 0.15) is 5.56 Å². The van der Waals surface area contributed by atoms with E-state index in [0.29, 0.717) is 16.3 Å². The van der Waals surface area contributed by atoms with Crippen LogP contribution in [0.3, 0.4) is 0 Å². The monoisotopic (exact) mass is 301 g/mol. The molecule has 0 aromatic heterocycles. The molecule has 1 atom stereocenters. The van der Waals surface area contributed by atoms with E-state index in [1.807, 2.05) is 0 Å². The Bertz CT molecular complexity index is 649. The van der Waals surface area contributed by atoms with Gasteiger partial charge in [0.05, 0.1) is 27.3 Å². The number of halogens is 3. The van der Waals surface area contributed by atoms with Gasteiger partial charge in [-0.3, -0.25) is 4.21 Å². The molecular weight excluding hydrogens is 292 g/mol. The first kappa shape index (κ1) is 14.0. The van der Waals surface area contributed by atoms with Gasteiger partial charge in [0.25, 0.3) is 0 Å². The summed E-state index contributed by atoms with van der Waals surface area (Å²) in [5.41, 5.74) is 6.74. The molecule has 0 spiro atoms. The number of anilines is 1. The molecule has 0 aliphatic heterocycles. The lowest BCUT2D eigenvalue weighted by Gasteiger charge is -2.05. The average Bonchev–Trinajstić information content (AvgIpc) is 2.37. The number of benzene rings is 2. The highest BCUT2D eigenvalue weighted by Gasteiger charge is 2.10. The largest absolute Gasteiger partial charge is 0.398 e. The third-order valence-corrected chi connectivity index (χ3v) is 4.23. The Kier molecular flexibility index (Phi) is 4.17. The van der Waals surface area contributed by atoms with Crippen molar-refractivity contribution < 1.29 is 13.0 Å². The second kappa shape index (κ2) is 5.67. The fraction of sp³-hybridized carbons (Fsp3) is 0.0769. The minimum absolute atomic E-state index is 0.159. The third kappa shape index (κ3) is 3.30. The minimum atomic E-state index is -1.47. The molecule has 19 heavy (non-hydrogen) atoms. The van der Waals surface area contributed by atoms with Crippen molar-refractivity contribution in [2.45, 2.75) is 10.6 Å². The summed E-state index contributed by atoms with van der Waals surface area (Å²) in [6, 6.07) is 8.10. The maximum Gasteiger partial charge on any atom is 0.160 e. The van der Waals surface area contributed by atoms with Gasteiger partial charge in [0.15, 0.2) is 11.6 Å². The van der Waals surface area contributed by atoms with Crippen molar-refractivity contribution in [3.63, 3.8) is 0 Å². The summed E-state index contributed by atoms with van der Waals surface area (Å²) in [6.45, 7) is 0. The Morgan fingerprint density at radius 2 is 1.84 bits per heavy atom. The Morgan fingerprint density at radius 3 is 2.47 bits per heavy atom. The van der Waals surface area contributed by atoms with Crippen molar-refractivity contribution in [1.82, 2.24) is 0 Å². The van der Waals surface area contributed by atoms with Gasteiger partial charge < -0.3 is 5.73 Å². The van der Waals surface area contributed by atoms with Crippen molar-refractivity contribution in [3.8, 4) is 0 Å². The Morgan fingerprint density at radius 1 is 1.11 bits per heavy atom. The lowest BCUT2D eigenvalue weighted by Crippen LogP contribution is -1.99. The van der Waals surface area contributed by atoms with E-state index >= 15 is 0 Å². The summed E-state index contributed by atoms with van der Waals surface area (Å²) < 4.78 is 37.9. The van der Waals surface area contributed by atoms with Crippen LogP contribution in [0, 0.1) is 11.6 Å². The van der Waals surface area contributed by atoms with Gasteiger partial charge in [-0.2, -0.15) is 0 Å². The van der Waals surface area contributed by atoms with Gasteiger partial charge in [-0.05, 0) is 35.9 Å². The standard InChI is InChI=1S/C13H10ClF2NOS/c14-10-3-1-8(5-13(10)17)7-19(18)9-2-4-11(15)12(16)6-9/h1-6H,7,17H2. The van der Waals surface area contributed by atoms with Crippen LogP contribution < -0.4 is 5.73 Å². The average molecular weight is 302 g/mol. The molecule has 2 aromatic carbocycles. The molecule has 0 heterocycles. The zero-order chi connectivity index (χ0) is 14.0. The maximum atomic E-state index is 13.0. The quantitative estimate of drug-likeness (QED) is 0.882. The number of rotatable bonds is 3. The van der Waals surface area contributed by atoms with Crippen LogP contribution in [0.2, 0.25) is 5.02 Å². The van der Waals surface area contributed by atoms with Gasteiger partial charge in [0.1, 0.15) is 0 Å². The predicted molar refractivity (Wildman–Crippen MR) is 72.3 cm³/mol. The van der Waals surface area contributed by atoms with E-state index in [4.69, 9.17) is 17.3 Å². The predicted octanol–water partition coefficient (Wildman–Crippen LogP) is 3.51. The van der Waals surface area contributed by atoms with Crippen LogP contribution in [0.25, 0.3) is 0 Å². The summed E-state index contributed by atoms with van der Waals surface area (Å²) in [7, 11) is -1.47. The molecule has 6 heteroatoms. The fourth-order valence-electron chi connectivity index (χ4n) is 1.54. The number of nitrogen functional groups attached to an aromatic ring is 1. The highest BCUT2D eigenvalue weighted by atomic mass is 35.5. The first-order valence-corrected chi connectivity index (χ1v) is 7.04. The normalized spacial score (nSPS) is 12.4. The molecule has 0 aliphatic carbocycles. The second-order valence-corrected chi connectivity index (χ2v) is 5.78. The van der Waals surface area contributed by atoms with E-state index in [2.05, 4.69) is 0 Å². The summed E-state index contributed by atoms with van der Waals surface area (Å²) in [5.74, 6) is -1.81. The molecule has 0 amide bonds. The van der Waals surface area contributed by atoms with Crippen molar-refractivity contribution in [2.75, 3.05) is 5.73 Å². The molecule has 2 rings (SSSR count). The van der Waals surface area contributed by atoms with Crippen LogP contribution in [0.5, 0.6) is 0 Å². The first-order chi connectivity index (χ1) is 8.97. The van der Waals surface area contributed by atoms with Crippen LogP contribution in [0.15, 0.2) is 41.3 Å². The highest BCUT2D eigenvalue weighted by molar-refractivity contribution is 7.84. The Labute approximate surface area is 116 Å². The van der Waals surface area contributed by atoms with Crippen LogP contribution in [-0.4, -0.2) is 4.21 Å². The molecule has 100 valence electrons. The van der Waals surface area contributed by atoms with Gasteiger partial charge in [0.2, 0.25) is 0 Å². The lowest BCUT2D eigenvalue weighted by atomic mass is 10.2. The molecule has 0 bridgehead atoms. The summed E-state index contributed by atoms with van der Waals surface area (Å²) >= 11 is 5.78. The van der Waals surface area contributed by atoms with Gasteiger partial charge in [-0.15, -0.1) is 0 Å².